The summed E-state index contributed by atoms with van der Waals surface area (Å²) in [5.74, 6) is 0.111. The summed E-state index contributed by atoms with van der Waals surface area (Å²) in [6, 6.07) is 10.5. The molecule has 0 saturated carbocycles. The van der Waals surface area contributed by atoms with Crippen molar-refractivity contribution >= 4 is 5.91 Å². The van der Waals surface area contributed by atoms with Crippen molar-refractivity contribution in [3.63, 3.8) is 0 Å². The van der Waals surface area contributed by atoms with Gasteiger partial charge in [0.25, 0.3) is 5.91 Å². The van der Waals surface area contributed by atoms with Gasteiger partial charge in [0, 0.05) is 32.2 Å². The number of carbonyl (C=O) groups is 1. The van der Waals surface area contributed by atoms with E-state index in [0.717, 1.165) is 69.2 Å². The fourth-order valence-electron chi connectivity index (χ4n) is 4.02. The number of carbonyl (C=O) groups excluding carboxylic acids is 1. The third-order valence-corrected chi connectivity index (χ3v) is 5.45. The highest BCUT2D eigenvalue weighted by atomic mass is 16.5. The predicted octanol–water partition coefficient (Wildman–Crippen LogP) is 1.98. The van der Waals surface area contributed by atoms with Crippen molar-refractivity contribution < 1.29 is 9.53 Å². The Bertz CT molecular complexity index is 752. The van der Waals surface area contributed by atoms with Crippen molar-refractivity contribution in [2.75, 3.05) is 39.4 Å². The molecule has 2 aromatic rings. The van der Waals surface area contributed by atoms with Gasteiger partial charge in [0.05, 0.1) is 36.4 Å². The Morgan fingerprint density at radius 2 is 1.96 bits per heavy atom. The molecule has 1 aromatic heterocycles. The van der Waals surface area contributed by atoms with Gasteiger partial charge in [-0.1, -0.05) is 25.1 Å². The van der Waals surface area contributed by atoms with Crippen LogP contribution in [0.1, 0.15) is 29.4 Å². The minimum absolute atomic E-state index is 0.111. The van der Waals surface area contributed by atoms with Crippen LogP contribution in [-0.2, 0) is 11.2 Å². The van der Waals surface area contributed by atoms with Gasteiger partial charge in [-0.15, -0.1) is 0 Å². The first-order valence-electron chi connectivity index (χ1n) is 9.51. The lowest BCUT2D eigenvalue weighted by molar-refractivity contribution is 0.0185. The molecule has 138 valence electrons. The van der Waals surface area contributed by atoms with Crippen molar-refractivity contribution in [1.29, 1.82) is 0 Å². The van der Waals surface area contributed by atoms with E-state index in [1.54, 1.807) is 6.20 Å². The SMILES string of the molecule is CCc1c(C(=O)N2CCC(N3CCOCC3)C2)cnn1-c1ccccc1. The fraction of sp³-hybridized carbons (Fsp3) is 0.500. The molecule has 26 heavy (non-hydrogen) atoms. The molecule has 4 rings (SSSR count). The number of benzene rings is 1. The number of ether oxygens (including phenoxy) is 1. The van der Waals surface area contributed by atoms with E-state index in [9.17, 15) is 4.79 Å². The second-order valence-electron chi connectivity index (χ2n) is 6.95. The van der Waals surface area contributed by atoms with Gasteiger partial charge >= 0.3 is 0 Å². The minimum atomic E-state index is 0.111. The summed E-state index contributed by atoms with van der Waals surface area (Å²) in [5, 5.41) is 4.50. The molecule has 1 aromatic carbocycles. The van der Waals surface area contributed by atoms with Crippen LogP contribution in [0.25, 0.3) is 5.69 Å². The molecule has 6 nitrogen and oxygen atoms in total. The fourth-order valence-corrected chi connectivity index (χ4v) is 4.02. The molecule has 1 amide bonds. The van der Waals surface area contributed by atoms with E-state index in [-0.39, 0.29) is 5.91 Å². The van der Waals surface area contributed by atoms with Crippen molar-refractivity contribution in [2.24, 2.45) is 0 Å². The number of aromatic nitrogens is 2. The molecule has 6 heteroatoms. The molecule has 2 aliphatic rings. The number of amides is 1. The zero-order valence-corrected chi connectivity index (χ0v) is 15.3. The van der Waals surface area contributed by atoms with Gasteiger partial charge in [-0.05, 0) is 25.0 Å². The van der Waals surface area contributed by atoms with Gasteiger partial charge in [-0.2, -0.15) is 5.10 Å². The molecule has 1 unspecified atom stereocenters. The maximum atomic E-state index is 13.1. The smallest absolute Gasteiger partial charge is 0.257 e. The number of hydrogen-bond donors (Lipinski definition) is 0. The van der Waals surface area contributed by atoms with E-state index in [2.05, 4.69) is 16.9 Å². The van der Waals surface area contributed by atoms with Crippen LogP contribution in [0.4, 0.5) is 0 Å². The third-order valence-electron chi connectivity index (χ3n) is 5.45. The Morgan fingerprint density at radius 3 is 2.69 bits per heavy atom. The van der Waals surface area contributed by atoms with Gasteiger partial charge < -0.3 is 9.64 Å². The van der Waals surface area contributed by atoms with Gasteiger partial charge in [0.15, 0.2) is 0 Å². The van der Waals surface area contributed by atoms with E-state index in [1.165, 1.54) is 0 Å². The van der Waals surface area contributed by atoms with E-state index in [1.807, 2.05) is 39.9 Å². The van der Waals surface area contributed by atoms with Gasteiger partial charge in [0.2, 0.25) is 0 Å². The Kier molecular flexibility index (Phi) is 5.04. The van der Waals surface area contributed by atoms with Gasteiger partial charge in [-0.3, -0.25) is 9.69 Å². The highest BCUT2D eigenvalue weighted by molar-refractivity contribution is 5.95. The average Bonchev–Trinajstić information content (AvgIpc) is 3.36. The molecule has 2 saturated heterocycles. The van der Waals surface area contributed by atoms with E-state index < -0.39 is 0 Å². The monoisotopic (exact) mass is 354 g/mol. The summed E-state index contributed by atoms with van der Waals surface area (Å²) in [5.41, 5.74) is 2.71. The first-order chi connectivity index (χ1) is 12.8. The summed E-state index contributed by atoms with van der Waals surface area (Å²) >= 11 is 0. The summed E-state index contributed by atoms with van der Waals surface area (Å²) in [7, 11) is 0. The van der Waals surface area contributed by atoms with Crippen molar-refractivity contribution in [3.8, 4) is 5.69 Å². The number of likely N-dealkylation sites (tertiary alicyclic amines) is 1. The molecule has 0 aliphatic carbocycles. The highest BCUT2D eigenvalue weighted by Crippen LogP contribution is 2.22. The molecule has 0 N–H and O–H groups in total. The first kappa shape index (κ1) is 17.2. The molecule has 3 heterocycles. The molecule has 2 aliphatic heterocycles. The standard InChI is InChI=1S/C20H26N4O2/c1-2-19-18(14-21-24(19)16-6-4-3-5-7-16)20(25)23-9-8-17(15-23)22-10-12-26-13-11-22/h3-7,14,17H,2,8-13,15H2,1H3. The lowest BCUT2D eigenvalue weighted by Gasteiger charge is -2.32. The van der Waals surface area contributed by atoms with Crippen LogP contribution in [0.2, 0.25) is 0 Å². The molecule has 0 bridgehead atoms. The minimum Gasteiger partial charge on any atom is -0.379 e. The zero-order chi connectivity index (χ0) is 17.9. The lowest BCUT2D eigenvalue weighted by atomic mass is 10.1. The van der Waals surface area contributed by atoms with Crippen molar-refractivity contribution in [1.82, 2.24) is 19.6 Å². The molecule has 1 atom stereocenters. The third kappa shape index (κ3) is 3.27. The van der Waals surface area contributed by atoms with Gasteiger partial charge in [0.1, 0.15) is 0 Å². The molecule has 2 fully saturated rings. The Balaban J connectivity index is 1.51. The van der Waals surface area contributed by atoms with Crippen LogP contribution >= 0.6 is 0 Å². The van der Waals surface area contributed by atoms with Crippen LogP contribution in [0.5, 0.6) is 0 Å². The quantitative estimate of drug-likeness (QED) is 0.842. The summed E-state index contributed by atoms with van der Waals surface area (Å²) in [4.78, 5) is 17.6. The maximum absolute atomic E-state index is 13.1. The van der Waals surface area contributed by atoms with Crippen LogP contribution in [-0.4, -0.2) is 70.9 Å². The number of hydrogen-bond acceptors (Lipinski definition) is 4. The maximum Gasteiger partial charge on any atom is 0.257 e. The molecule has 0 radical (unpaired) electrons. The number of rotatable bonds is 4. The van der Waals surface area contributed by atoms with E-state index in [4.69, 9.17) is 4.74 Å². The lowest BCUT2D eigenvalue weighted by Crippen LogP contribution is -2.45. The number of para-hydroxylation sites is 1. The second kappa shape index (κ2) is 7.60. The summed E-state index contributed by atoms with van der Waals surface area (Å²) in [6.07, 6.45) is 3.55. The average molecular weight is 354 g/mol. The largest absolute Gasteiger partial charge is 0.379 e. The first-order valence-corrected chi connectivity index (χ1v) is 9.51. The Labute approximate surface area is 154 Å². The number of morpholine rings is 1. The molecule has 0 spiro atoms. The Morgan fingerprint density at radius 1 is 1.19 bits per heavy atom. The Hall–Kier alpha value is -2.18. The predicted molar refractivity (Wildman–Crippen MR) is 99.6 cm³/mol. The number of nitrogens with zero attached hydrogens (tertiary/aromatic N) is 4. The van der Waals surface area contributed by atoms with Gasteiger partial charge in [-0.25, -0.2) is 4.68 Å². The molecular weight excluding hydrogens is 328 g/mol. The van der Waals surface area contributed by atoms with E-state index in [0.29, 0.717) is 6.04 Å². The second-order valence-corrected chi connectivity index (χ2v) is 6.95. The molecular formula is C20H26N4O2. The van der Waals surface area contributed by atoms with Crippen LogP contribution in [0, 0.1) is 0 Å². The zero-order valence-electron chi connectivity index (χ0n) is 15.3. The summed E-state index contributed by atoms with van der Waals surface area (Å²) < 4.78 is 7.34. The van der Waals surface area contributed by atoms with Crippen LogP contribution in [0.15, 0.2) is 36.5 Å². The highest BCUT2D eigenvalue weighted by Gasteiger charge is 2.33. The van der Waals surface area contributed by atoms with Crippen LogP contribution < -0.4 is 0 Å². The van der Waals surface area contributed by atoms with E-state index >= 15 is 0 Å². The van der Waals surface area contributed by atoms with Crippen LogP contribution in [0.3, 0.4) is 0 Å². The normalized spacial score (nSPS) is 21.3. The van der Waals surface area contributed by atoms with Crippen molar-refractivity contribution in [2.45, 2.75) is 25.8 Å². The van der Waals surface area contributed by atoms with Crippen molar-refractivity contribution in [3.05, 3.63) is 47.8 Å². The summed E-state index contributed by atoms with van der Waals surface area (Å²) in [6.45, 7) is 7.24. The topological polar surface area (TPSA) is 50.6 Å².